The Bertz CT molecular complexity index is 1440. The van der Waals surface area contributed by atoms with E-state index in [0.29, 0.717) is 15.9 Å². The smallest absolute Gasteiger partial charge is 0.357 e. The molecule has 0 bridgehead atoms. The van der Waals surface area contributed by atoms with E-state index in [4.69, 9.17) is 11.6 Å². The Morgan fingerprint density at radius 3 is 2.21 bits per heavy atom. The number of anilines is 1. The first-order valence-corrected chi connectivity index (χ1v) is 14.1. The second kappa shape index (κ2) is 12.4. The molecule has 3 aromatic rings. The van der Waals surface area contributed by atoms with Crippen molar-refractivity contribution in [1.82, 2.24) is 10.2 Å². The van der Waals surface area contributed by atoms with E-state index in [0.717, 1.165) is 21.5 Å². The van der Waals surface area contributed by atoms with Crippen molar-refractivity contribution in [3.63, 3.8) is 0 Å². The molecule has 1 N–H and O–H groups in total. The number of benzene rings is 3. The number of hydrogen-bond acceptors (Lipinski definition) is 4. The van der Waals surface area contributed by atoms with Crippen LogP contribution < -0.4 is 9.62 Å². The number of carbonyl (C=O) groups excluding carboxylic acids is 2. The van der Waals surface area contributed by atoms with Gasteiger partial charge in [0.15, 0.2) is 0 Å². The fourth-order valence-electron chi connectivity index (χ4n) is 3.71. The third-order valence-electron chi connectivity index (χ3n) is 5.83. The number of alkyl halides is 3. The number of nitrogens with one attached hydrogen (secondary N) is 1. The van der Waals surface area contributed by atoms with Gasteiger partial charge in [-0.2, -0.15) is 13.2 Å². The molecule has 0 radical (unpaired) electrons. The molecule has 0 unspecified atom stereocenters. The summed E-state index contributed by atoms with van der Waals surface area (Å²) in [5.41, 5.74) is -1.03. The van der Waals surface area contributed by atoms with Crippen molar-refractivity contribution < 1.29 is 31.2 Å². The van der Waals surface area contributed by atoms with Gasteiger partial charge >= 0.3 is 6.18 Å². The van der Waals surface area contributed by atoms with Crippen LogP contribution in [0.25, 0.3) is 0 Å². The van der Waals surface area contributed by atoms with Crippen LogP contribution in [0.2, 0.25) is 5.02 Å². The van der Waals surface area contributed by atoms with Crippen molar-refractivity contribution in [3.05, 3.63) is 93.4 Å². The SMILES string of the molecule is CNC(=O)[C@H](C)N(Cc1ccc(Br)cc1)C(=O)CN(c1ccc(Cl)c(C(F)(F)F)c1)S(=O)(=O)c1ccccc1. The Morgan fingerprint density at radius 2 is 1.64 bits per heavy atom. The quantitative estimate of drug-likeness (QED) is 0.334. The van der Waals surface area contributed by atoms with Gasteiger partial charge in [-0.3, -0.25) is 13.9 Å². The van der Waals surface area contributed by atoms with E-state index in [1.165, 1.54) is 38.2 Å². The highest BCUT2D eigenvalue weighted by atomic mass is 79.9. The molecule has 0 aromatic heterocycles. The minimum atomic E-state index is -4.87. The van der Waals surface area contributed by atoms with Gasteiger partial charge in [0.25, 0.3) is 10.0 Å². The molecule has 1 atom stereocenters. The topological polar surface area (TPSA) is 86.8 Å². The van der Waals surface area contributed by atoms with Crippen LogP contribution in [0, 0.1) is 0 Å². The van der Waals surface area contributed by atoms with Gasteiger partial charge in [-0.1, -0.05) is 57.9 Å². The highest BCUT2D eigenvalue weighted by molar-refractivity contribution is 9.10. The first kappa shape index (κ1) is 30.5. The predicted octanol–water partition coefficient (Wildman–Crippen LogP) is 5.48. The summed E-state index contributed by atoms with van der Waals surface area (Å²) in [5.74, 6) is -1.32. The van der Waals surface area contributed by atoms with Crippen molar-refractivity contribution in [3.8, 4) is 0 Å². The largest absolute Gasteiger partial charge is 0.417 e. The van der Waals surface area contributed by atoms with E-state index in [1.54, 1.807) is 30.3 Å². The molecule has 0 aliphatic rings. The maximum absolute atomic E-state index is 13.7. The van der Waals surface area contributed by atoms with Gasteiger partial charge in [0, 0.05) is 18.1 Å². The second-order valence-electron chi connectivity index (χ2n) is 8.42. The van der Waals surface area contributed by atoms with E-state index in [-0.39, 0.29) is 11.4 Å². The highest BCUT2D eigenvalue weighted by Crippen LogP contribution is 2.38. The summed E-state index contributed by atoms with van der Waals surface area (Å²) in [6, 6.07) is 15.5. The maximum atomic E-state index is 13.7. The molecule has 0 fully saturated rings. The van der Waals surface area contributed by atoms with Crippen molar-refractivity contribution in [2.24, 2.45) is 0 Å². The lowest BCUT2D eigenvalue weighted by Gasteiger charge is -2.32. The third-order valence-corrected chi connectivity index (χ3v) is 8.48. The van der Waals surface area contributed by atoms with E-state index in [2.05, 4.69) is 21.2 Å². The first-order valence-electron chi connectivity index (χ1n) is 11.5. The summed E-state index contributed by atoms with van der Waals surface area (Å²) in [5, 5.41) is 1.83. The van der Waals surface area contributed by atoms with Crippen LogP contribution in [0.1, 0.15) is 18.1 Å². The molecule has 208 valence electrons. The number of sulfonamides is 1. The molecule has 3 rings (SSSR count). The lowest BCUT2D eigenvalue weighted by atomic mass is 10.1. The fourth-order valence-corrected chi connectivity index (χ4v) is 5.63. The summed E-state index contributed by atoms with van der Waals surface area (Å²) in [6.45, 7) is 0.526. The maximum Gasteiger partial charge on any atom is 0.417 e. The van der Waals surface area contributed by atoms with Gasteiger partial charge in [-0.15, -0.1) is 0 Å². The van der Waals surface area contributed by atoms with E-state index in [1.807, 2.05) is 0 Å². The van der Waals surface area contributed by atoms with Crippen molar-refractivity contribution in [2.45, 2.75) is 30.6 Å². The van der Waals surface area contributed by atoms with E-state index >= 15 is 0 Å². The Morgan fingerprint density at radius 1 is 1.03 bits per heavy atom. The van der Waals surface area contributed by atoms with Gasteiger partial charge in [-0.05, 0) is 55.0 Å². The number of halogens is 5. The molecule has 13 heteroatoms. The third kappa shape index (κ3) is 7.31. The van der Waals surface area contributed by atoms with Crippen LogP contribution in [-0.2, 0) is 32.3 Å². The van der Waals surface area contributed by atoms with Gasteiger partial charge in [0.1, 0.15) is 12.6 Å². The first-order chi connectivity index (χ1) is 18.3. The minimum Gasteiger partial charge on any atom is -0.357 e. The molecule has 7 nitrogen and oxygen atoms in total. The number of carbonyl (C=O) groups is 2. The van der Waals surface area contributed by atoms with Gasteiger partial charge in [-0.25, -0.2) is 8.42 Å². The Hall–Kier alpha value is -3.09. The molecular formula is C26H24BrClF3N3O4S. The molecule has 0 aliphatic carbocycles. The summed E-state index contributed by atoms with van der Waals surface area (Å²) < 4.78 is 69.6. The lowest BCUT2D eigenvalue weighted by Crippen LogP contribution is -2.50. The predicted molar refractivity (Wildman–Crippen MR) is 146 cm³/mol. The minimum absolute atomic E-state index is 0.0612. The summed E-state index contributed by atoms with van der Waals surface area (Å²) in [6.07, 6.45) is -4.87. The average molecular weight is 647 g/mol. The van der Waals surface area contributed by atoms with E-state index in [9.17, 15) is 31.2 Å². The van der Waals surface area contributed by atoms with Crippen LogP contribution in [-0.4, -0.2) is 44.8 Å². The Kier molecular flexibility index (Phi) is 9.68. The molecule has 0 heterocycles. The zero-order valence-electron chi connectivity index (χ0n) is 20.7. The highest BCUT2D eigenvalue weighted by Gasteiger charge is 2.36. The monoisotopic (exact) mass is 645 g/mol. The van der Waals surface area contributed by atoms with Crippen molar-refractivity contribution in [1.29, 1.82) is 0 Å². The molecule has 2 amide bonds. The van der Waals surface area contributed by atoms with Crippen LogP contribution in [0.5, 0.6) is 0 Å². The fraction of sp³-hybridized carbons (Fsp3) is 0.231. The number of hydrogen-bond donors (Lipinski definition) is 1. The zero-order chi connectivity index (χ0) is 29.0. The number of nitrogens with zero attached hydrogens (tertiary/aromatic N) is 2. The summed E-state index contributed by atoms with van der Waals surface area (Å²) >= 11 is 9.08. The lowest BCUT2D eigenvalue weighted by molar-refractivity contribution is -0.139. The Labute approximate surface area is 237 Å². The van der Waals surface area contributed by atoms with Crippen LogP contribution in [0.4, 0.5) is 18.9 Å². The second-order valence-corrected chi connectivity index (χ2v) is 11.6. The Balaban J connectivity index is 2.10. The zero-order valence-corrected chi connectivity index (χ0v) is 23.9. The van der Waals surface area contributed by atoms with Crippen molar-refractivity contribution >= 4 is 55.1 Å². The van der Waals surface area contributed by atoms with E-state index < -0.39 is 56.9 Å². The standard InChI is InChI=1S/C26H24BrClF3N3O4S/c1-17(25(36)32-2)33(15-18-8-10-19(27)11-9-18)24(35)16-34(39(37,38)21-6-4-3-5-7-21)20-12-13-23(28)22(14-20)26(29,30)31/h3-14,17H,15-16H2,1-2H3,(H,32,36)/t17-/m0/s1. The molecule has 0 saturated heterocycles. The van der Waals surface area contributed by atoms with Crippen molar-refractivity contribution in [2.75, 3.05) is 17.9 Å². The van der Waals surface area contributed by atoms with Crippen LogP contribution >= 0.6 is 27.5 Å². The van der Waals surface area contributed by atoms with Gasteiger partial charge in [0.2, 0.25) is 11.8 Å². The molecule has 0 aliphatic heterocycles. The molecule has 0 saturated carbocycles. The van der Waals surface area contributed by atoms with Gasteiger partial charge < -0.3 is 10.2 Å². The average Bonchev–Trinajstić information content (AvgIpc) is 2.90. The molecule has 0 spiro atoms. The summed E-state index contributed by atoms with van der Waals surface area (Å²) in [7, 11) is -3.13. The number of amides is 2. The number of likely N-dealkylation sites (N-methyl/N-ethyl adjacent to an activating group) is 1. The number of rotatable bonds is 9. The normalized spacial score (nSPS) is 12.5. The summed E-state index contributed by atoms with van der Waals surface area (Å²) in [4.78, 5) is 27.1. The molecule has 3 aromatic carbocycles. The van der Waals surface area contributed by atoms with Crippen LogP contribution in [0.15, 0.2) is 82.2 Å². The van der Waals surface area contributed by atoms with Crippen LogP contribution in [0.3, 0.4) is 0 Å². The molecular weight excluding hydrogens is 623 g/mol. The molecule has 39 heavy (non-hydrogen) atoms. The van der Waals surface area contributed by atoms with Gasteiger partial charge in [0.05, 0.1) is 21.2 Å².